The predicted molar refractivity (Wildman–Crippen MR) is 138 cm³/mol. The Kier molecular flexibility index (Phi) is 7.14. The fourth-order valence-electron chi connectivity index (χ4n) is 3.21. The lowest BCUT2D eigenvalue weighted by molar-refractivity contribution is 0.267. The normalized spacial score (nSPS) is 11.2. The van der Waals surface area contributed by atoms with Crippen LogP contribution in [0.5, 0.6) is 11.5 Å². The Balaban J connectivity index is 1.66. The number of halogens is 2. The van der Waals surface area contributed by atoms with Gasteiger partial charge >= 0.3 is 5.69 Å². The van der Waals surface area contributed by atoms with Crippen molar-refractivity contribution in [2.75, 3.05) is 6.61 Å². The molecule has 0 unspecified atom stereocenters. The summed E-state index contributed by atoms with van der Waals surface area (Å²) in [5, 5.41) is 5.12. The number of ether oxygens (including phenoxy) is 2. The van der Waals surface area contributed by atoms with Crippen LogP contribution in [0.15, 0.2) is 75.4 Å². The van der Waals surface area contributed by atoms with Crippen molar-refractivity contribution in [2.45, 2.75) is 13.5 Å². The van der Waals surface area contributed by atoms with Gasteiger partial charge in [-0.05, 0) is 65.4 Å². The average Bonchev–Trinajstić information content (AvgIpc) is 2.79. The fourth-order valence-corrected chi connectivity index (χ4v) is 4.18. The molecule has 0 saturated carbocycles. The Morgan fingerprint density at radius 1 is 1.09 bits per heavy atom. The number of aromatic amines is 1. The number of nitrogens with one attached hydrogen (secondary N) is 1. The zero-order valence-corrected chi connectivity index (χ0v) is 20.5. The van der Waals surface area contributed by atoms with Gasteiger partial charge in [-0.3, -0.25) is 4.79 Å². The lowest BCUT2D eigenvalue weighted by Crippen LogP contribution is -2.32. The lowest BCUT2D eigenvalue weighted by atomic mass is 10.2. The highest BCUT2D eigenvalue weighted by Gasteiger charge is 2.13. The third kappa shape index (κ3) is 5.12. The largest absolute Gasteiger partial charge is 0.490 e. The summed E-state index contributed by atoms with van der Waals surface area (Å²) in [6.07, 6.45) is 1.44. The van der Waals surface area contributed by atoms with Crippen LogP contribution in [0.3, 0.4) is 0 Å². The second-order valence-electron chi connectivity index (χ2n) is 6.98. The zero-order chi connectivity index (χ0) is 23.4. The van der Waals surface area contributed by atoms with Gasteiger partial charge < -0.3 is 14.5 Å². The smallest absolute Gasteiger partial charge is 0.349 e. The van der Waals surface area contributed by atoms with Crippen molar-refractivity contribution in [3.63, 3.8) is 0 Å². The van der Waals surface area contributed by atoms with E-state index in [1.165, 1.54) is 6.21 Å². The van der Waals surface area contributed by atoms with E-state index in [4.69, 9.17) is 21.1 Å². The monoisotopic (exact) mass is 575 g/mol. The quantitative estimate of drug-likeness (QED) is 0.253. The van der Waals surface area contributed by atoms with E-state index >= 15 is 0 Å². The Bertz CT molecular complexity index is 1460. The van der Waals surface area contributed by atoms with E-state index < -0.39 is 11.2 Å². The minimum absolute atomic E-state index is 0.283. The van der Waals surface area contributed by atoms with Crippen LogP contribution in [-0.2, 0) is 6.61 Å². The first-order valence-electron chi connectivity index (χ1n) is 10.1. The number of hydrogen-bond acceptors (Lipinski definition) is 5. The topological polar surface area (TPSA) is 85.7 Å². The molecule has 0 saturated heterocycles. The van der Waals surface area contributed by atoms with Crippen LogP contribution in [0, 0.1) is 3.57 Å². The van der Waals surface area contributed by atoms with Gasteiger partial charge in [0.15, 0.2) is 11.5 Å². The molecule has 9 heteroatoms. The van der Waals surface area contributed by atoms with E-state index in [2.05, 4.69) is 32.7 Å². The van der Waals surface area contributed by atoms with E-state index in [1.54, 1.807) is 30.3 Å². The van der Waals surface area contributed by atoms with E-state index in [1.807, 2.05) is 37.3 Å². The maximum absolute atomic E-state index is 12.7. The molecule has 0 aliphatic rings. The summed E-state index contributed by atoms with van der Waals surface area (Å²) in [7, 11) is 0. The van der Waals surface area contributed by atoms with Crippen molar-refractivity contribution in [1.29, 1.82) is 0 Å². The van der Waals surface area contributed by atoms with E-state index in [0.717, 1.165) is 13.8 Å². The van der Waals surface area contributed by atoms with Gasteiger partial charge in [-0.2, -0.15) is 5.10 Å². The summed E-state index contributed by atoms with van der Waals surface area (Å²) in [6.45, 7) is 2.59. The van der Waals surface area contributed by atoms with Crippen LogP contribution >= 0.6 is 34.2 Å². The summed E-state index contributed by atoms with van der Waals surface area (Å²) < 4.78 is 13.4. The molecule has 0 amide bonds. The molecule has 0 atom stereocenters. The number of benzene rings is 3. The highest BCUT2D eigenvalue weighted by Crippen LogP contribution is 2.35. The van der Waals surface area contributed by atoms with Gasteiger partial charge in [0, 0.05) is 10.6 Å². The summed E-state index contributed by atoms with van der Waals surface area (Å²) in [4.78, 5) is 27.7. The second-order valence-corrected chi connectivity index (χ2v) is 8.55. The molecule has 4 rings (SSSR count). The van der Waals surface area contributed by atoms with Crippen molar-refractivity contribution in [3.05, 3.63) is 101 Å². The molecule has 0 aliphatic heterocycles. The Labute approximate surface area is 207 Å². The number of rotatable bonds is 7. The van der Waals surface area contributed by atoms with E-state index in [9.17, 15) is 9.59 Å². The second kappa shape index (κ2) is 10.2. The van der Waals surface area contributed by atoms with Crippen LogP contribution < -0.4 is 20.7 Å². The molecule has 1 aromatic heterocycles. The van der Waals surface area contributed by atoms with Crippen LogP contribution in [0.25, 0.3) is 10.9 Å². The molecule has 0 aliphatic carbocycles. The SMILES string of the molecule is CCOc1cc(C=Nn2c(=O)[nH]c3ccccc3c2=O)cc(I)c1OCc1ccccc1Cl. The third-order valence-electron chi connectivity index (χ3n) is 4.77. The zero-order valence-electron chi connectivity index (χ0n) is 17.5. The molecule has 4 aromatic rings. The van der Waals surface area contributed by atoms with E-state index in [-0.39, 0.29) is 6.61 Å². The number of aromatic nitrogens is 2. The van der Waals surface area contributed by atoms with E-state index in [0.29, 0.717) is 39.6 Å². The highest BCUT2D eigenvalue weighted by atomic mass is 127. The average molecular weight is 576 g/mol. The van der Waals surface area contributed by atoms with Crippen molar-refractivity contribution >= 4 is 51.3 Å². The highest BCUT2D eigenvalue weighted by molar-refractivity contribution is 14.1. The number of para-hydroxylation sites is 1. The van der Waals surface area contributed by atoms with Gasteiger partial charge in [-0.25, -0.2) is 4.79 Å². The summed E-state index contributed by atoms with van der Waals surface area (Å²) in [5.74, 6) is 1.10. The van der Waals surface area contributed by atoms with Gasteiger partial charge in [-0.1, -0.05) is 41.9 Å². The number of H-pyrrole nitrogens is 1. The number of hydrogen-bond donors (Lipinski definition) is 1. The third-order valence-corrected chi connectivity index (χ3v) is 5.94. The molecule has 0 radical (unpaired) electrons. The first-order chi connectivity index (χ1) is 16.0. The molecule has 0 fully saturated rings. The van der Waals surface area contributed by atoms with Crippen LogP contribution in [0.2, 0.25) is 5.02 Å². The van der Waals surface area contributed by atoms with Crippen LogP contribution in [0.4, 0.5) is 0 Å². The molecule has 33 heavy (non-hydrogen) atoms. The molecule has 0 bridgehead atoms. The summed E-state index contributed by atoms with van der Waals surface area (Å²) >= 11 is 8.38. The van der Waals surface area contributed by atoms with Gasteiger partial charge in [0.2, 0.25) is 0 Å². The van der Waals surface area contributed by atoms with Gasteiger partial charge in [0.05, 0.1) is 27.3 Å². The maximum atomic E-state index is 12.7. The van der Waals surface area contributed by atoms with Crippen molar-refractivity contribution < 1.29 is 9.47 Å². The molecular formula is C24H19ClIN3O4. The van der Waals surface area contributed by atoms with Gasteiger partial charge in [0.1, 0.15) is 6.61 Å². The Hall–Kier alpha value is -3.11. The minimum atomic E-state index is -0.616. The standard InChI is InChI=1S/C24H19ClIN3O4/c1-2-32-21-12-15(11-19(26)22(21)33-14-16-7-3-5-9-18(16)25)13-27-29-23(30)17-8-4-6-10-20(17)28-24(29)31/h3-13H,2,14H2,1H3,(H,28,31). The number of fused-ring (bicyclic) bond motifs is 1. The maximum Gasteiger partial charge on any atom is 0.349 e. The molecule has 1 heterocycles. The van der Waals surface area contributed by atoms with Crippen LogP contribution in [-0.4, -0.2) is 22.5 Å². The first kappa shape index (κ1) is 23.1. The van der Waals surface area contributed by atoms with Crippen molar-refractivity contribution in [2.24, 2.45) is 5.10 Å². The molecule has 1 N–H and O–H groups in total. The predicted octanol–water partition coefficient (Wildman–Crippen LogP) is 4.81. The summed E-state index contributed by atoms with van der Waals surface area (Å²) in [5.41, 5.74) is 0.858. The molecular weight excluding hydrogens is 557 g/mol. The molecule has 7 nitrogen and oxygen atoms in total. The molecule has 0 spiro atoms. The van der Waals surface area contributed by atoms with Gasteiger partial charge in [-0.15, -0.1) is 4.68 Å². The molecule has 168 valence electrons. The minimum Gasteiger partial charge on any atom is -0.490 e. The van der Waals surface area contributed by atoms with Crippen LogP contribution in [0.1, 0.15) is 18.1 Å². The first-order valence-corrected chi connectivity index (χ1v) is 11.5. The fraction of sp³-hybridized carbons (Fsp3) is 0.125. The molecule has 3 aromatic carbocycles. The Morgan fingerprint density at radius 3 is 2.64 bits per heavy atom. The van der Waals surface area contributed by atoms with Crippen molar-refractivity contribution in [3.8, 4) is 11.5 Å². The van der Waals surface area contributed by atoms with Crippen molar-refractivity contribution in [1.82, 2.24) is 9.66 Å². The lowest BCUT2D eigenvalue weighted by Gasteiger charge is -2.15. The summed E-state index contributed by atoms with van der Waals surface area (Å²) in [6, 6.07) is 17.8. The van der Waals surface area contributed by atoms with Gasteiger partial charge in [0.25, 0.3) is 5.56 Å². The number of nitrogens with zero attached hydrogens (tertiary/aromatic N) is 2. The Morgan fingerprint density at radius 2 is 1.85 bits per heavy atom.